The second-order valence-corrected chi connectivity index (χ2v) is 5.74. The SMILES string of the molecule is CCc1ccc(C(=O)N2CC(C)OCC2C)s1. The number of hydrogen-bond donors (Lipinski definition) is 0. The predicted octanol–water partition coefficient (Wildman–Crippen LogP) is 2.56. The molecule has 2 rings (SSSR count). The molecule has 0 saturated carbocycles. The van der Waals surface area contributed by atoms with Gasteiger partial charge in [-0.25, -0.2) is 0 Å². The zero-order chi connectivity index (χ0) is 12.4. The molecule has 0 spiro atoms. The number of nitrogens with zero attached hydrogens (tertiary/aromatic N) is 1. The number of aryl methyl sites for hydroxylation is 1. The molecule has 0 radical (unpaired) electrons. The molecular weight excluding hydrogens is 234 g/mol. The predicted molar refractivity (Wildman–Crippen MR) is 69.6 cm³/mol. The number of carbonyl (C=O) groups is 1. The van der Waals surface area contributed by atoms with Gasteiger partial charge in [-0.2, -0.15) is 0 Å². The quantitative estimate of drug-likeness (QED) is 0.810. The Morgan fingerprint density at radius 3 is 2.94 bits per heavy atom. The van der Waals surface area contributed by atoms with E-state index in [1.807, 2.05) is 30.9 Å². The van der Waals surface area contributed by atoms with Gasteiger partial charge in [-0.05, 0) is 32.4 Å². The summed E-state index contributed by atoms with van der Waals surface area (Å²) in [6.45, 7) is 7.49. The van der Waals surface area contributed by atoms with Crippen molar-refractivity contribution in [2.24, 2.45) is 0 Å². The van der Waals surface area contributed by atoms with Gasteiger partial charge in [-0.3, -0.25) is 4.79 Å². The second-order valence-electron chi connectivity index (χ2n) is 4.57. The number of carbonyl (C=O) groups excluding carboxylic acids is 1. The maximum Gasteiger partial charge on any atom is 0.264 e. The first kappa shape index (κ1) is 12.6. The van der Waals surface area contributed by atoms with E-state index in [1.54, 1.807) is 11.3 Å². The number of hydrogen-bond acceptors (Lipinski definition) is 3. The Morgan fingerprint density at radius 1 is 1.53 bits per heavy atom. The second kappa shape index (κ2) is 5.19. The molecular formula is C13H19NO2S. The minimum absolute atomic E-state index is 0.140. The molecule has 1 aliphatic rings. The number of rotatable bonds is 2. The highest BCUT2D eigenvalue weighted by molar-refractivity contribution is 7.14. The van der Waals surface area contributed by atoms with Crippen molar-refractivity contribution in [3.8, 4) is 0 Å². The van der Waals surface area contributed by atoms with E-state index in [1.165, 1.54) is 4.88 Å². The molecule has 2 heterocycles. The third kappa shape index (κ3) is 2.69. The zero-order valence-corrected chi connectivity index (χ0v) is 11.4. The monoisotopic (exact) mass is 253 g/mol. The van der Waals surface area contributed by atoms with E-state index in [0.29, 0.717) is 13.2 Å². The van der Waals surface area contributed by atoms with E-state index in [4.69, 9.17) is 4.74 Å². The van der Waals surface area contributed by atoms with Crippen molar-refractivity contribution in [2.45, 2.75) is 39.3 Å². The molecule has 1 amide bonds. The normalized spacial score (nSPS) is 25.0. The number of ether oxygens (including phenoxy) is 1. The minimum atomic E-state index is 0.140. The molecule has 1 aromatic heterocycles. The number of thiophene rings is 1. The Balaban J connectivity index is 2.12. The van der Waals surface area contributed by atoms with Crippen LogP contribution in [0.25, 0.3) is 0 Å². The van der Waals surface area contributed by atoms with Gasteiger partial charge in [-0.1, -0.05) is 6.92 Å². The molecule has 0 N–H and O–H groups in total. The number of amides is 1. The van der Waals surface area contributed by atoms with Gasteiger partial charge >= 0.3 is 0 Å². The van der Waals surface area contributed by atoms with Gasteiger partial charge in [0.2, 0.25) is 0 Å². The molecule has 17 heavy (non-hydrogen) atoms. The number of morpholine rings is 1. The van der Waals surface area contributed by atoms with Crippen LogP contribution in [0.2, 0.25) is 0 Å². The molecule has 3 nitrogen and oxygen atoms in total. The van der Waals surface area contributed by atoms with Crippen molar-refractivity contribution in [2.75, 3.05) is 13.2 Å². The summed E-state index contributed by atoms with van der Waals surface area (Å²) < 4.78 is 5.54. The molecule has 0 aliphatic carbocycles. The van der Waals surface area contributed by atoms with Crippen molar-refractivity contribution in [1.82, 2.24) is 4.90 Å². The van der Waals surface area contributed by atoms with Crippen LogP contribution in [0.4, 0.5) is 0 Å². The lowest BCUT2D eigenvalue weighted by molar-refractivity contribution is -0.0385. The highest BCUT2D eigenvalue weighted by atomic mass is 32.1. The van der Waals surface area contributed by atoms with E-state index < -0.39 is 0 Å². The van der Waals surface area contributed by atoms with Crippen LogP contribution in [-0.2, 0) is 11.2 Å². The third-order valence-corrected chi connectivity index (χ3v) is 4.31. The van der Waals surface area contributed by atoms with Crippen molar-refractivity contribution >= 4 is 17.2 Å². The van der Waals surface area contributed by atoms with Gasteiger partial charge < -0.3 is 9.64 Å². The smallest absolute Gasteiger partial charge is 0.264 e. The summed E-state index contributed by atoms with van der Waals surface area (Å²) in [7, 11) is 0. The van der Waals surface area contributed by atoms with Crippen LogP contribution in [-0.4, -0.2) is 36.1 Å². The van der Waals surface area contributed by atoms with Crippen LogP contribution >= 0.6 is 11.3 Å². The highest BCUT2D eigenvalue weighted by Crippen LogP contribution is 2.21. The zero-order valence-electron chi connectivity index (χ0n) is 10.6. The lowest BCUT2D eigenvalue weighted by Gasteiger charge is -2.36. The average Bonchev–Trinajstić information content (AvgIpc) is 2.80. The van der Waals surface area contributed by atoms with E-state index >= 15 is 0 Å². The molecule has 2 unspecified atom stereocenters. The molecule has 94 valence electrons. The third-order valence-electron chi connectivity index (χ3n) is 3.09. The van der Waals surface area contributed by atoms with Crippen molar-refractivity contribution in [3.05, 3.63) is 21.9 Å². The lowest BCUT2D eigenvalue weighted by atomic mass is 10.2. The van der Waals surface area contributed by atoms with E-state index in [0.717, 1.165) is 11.3 Å². The molecule has 4 heteroatoms. The Labute approximate surface area is 106 Å². The summed E-state index contributed by atoms with van der Waals surface area (Å²) in [6, 6.07) is 4.16. The van der Waals surface area contributed by atoms with E-state index in [-0.39, 0.29) is 18.1 Å². The topological polar surface area (TPSA) is 29.5 Å². The largest absolute Gasteiger partial charge is 0.375 e. The standard InChI is InChI=1S/C13H19NO2S/c1-4-11-5-6-12(17-11)13(15)14-7-10(3)16-8-9(14)2/h5-6,9-10H,4,7-8H2,1-3H3. The summed E-state index contributed by atoms with van der Waals surface area (Å²) in [5.74, 6) is 0.150. The first-order chi connectivity index (χ1) is 8.11. The fraction of sp³-hybridized carbons (Fsp3) is 0.615. The molecule has 0 bridgehead atoms. The summed E-state index contributed by atoms with van der Waals surface area (Å²) in [5.41, 5.74) is 0. The Bertz CT molecular complexity index is 402. The maximum absolute atomic E-state index is 12.4. The van der Waals surface area contributed by atoms with Gasteiger partial charge in [0.15, 0.2) is 0 Å². The van der Waals surface area contributed by atoms with Crippen LogP contribution < -0.4 is 0 Å². The van der Waals surface area contributed by atoms with Gasteiger partial charge in [-0.15, -0.1) is 11.3 Å². The lowest BCUT2D eigenvalue weighted by Crippen LogP contribution is -2.50. The van der Waals surface area contributed by atoms with Crippen LogP contribution in [0.5, 0.6) is 0 Å². The summed E-state index contributed by atoms with van der Waals surface area (Å²) in [6.07, 6.45) is 1.13. The summed E-state index contributed by atoms with van der Waals surface area (Å²) in [4.78, 5) is 16.4. The molecule has 1 fully saturated rings. The molecule has 1 aliphatic heterocycles. The van der Waals surface area contributed by atoms with Crippen molar-refractivity contribution in [3.63, 3.8) is 0 Å². The van der Waals surface area contributed by atoms with Crippen LogP contribution in [0.1, 0.15) is 35.3 Å². The van der Waals surface area contributed by atoms with Crippen LogP contribution in [0.3, 0.4) is 0 Å². The average molecular weight is 253 g/mol. The van der Waals surface area contributed by atoms with Crippen LogP contribution in [0, 0.1) is 0 Å². The van der Waals surface area contributed by atoms with Gasteiger partial charge in [0.25, 0.3) is 5.91 Å². The first-order valence-corrected chi connectivity index (χ1v) is 6.94. The summed E-state index contributed by atoms with van der Waals surface area (Å²) >= 11 is 1.61. The Kier molecular flexibility index (Phi) is 3.84. The maximum atomic E-state index is 12.4. The van der Waals surface area contributed by atoms with Crippen LogP contribution in [0.15, 0.2) is 12.1 Å². The molecule has 1 saturated heterocycles. The fourth-order valence-electron chi connectivity index (χ4n) is 2.01. The molecule has 1 aromatic rings. The van der Waals surface area contributed by atoms with E-state index in [2.05, 4.69) is 6.92 Å². The van der Waals surface area contributed by atoms with Gasteiger partial charge in [0.1, 0.15) is 0 Å². The van der Waals surface area contributed by atoms with Crippen molar-refractivity contribution < 1.29 is 9.53 Å². The van der Waals surface area contributed by atoms with Crippen molar-refractivity contribution in [1.29, 1.82) is 0 Å². The van der Waals surface area contributed by atoms with E-state index in [9.17, 15) is 4.79 Å². The first-order valence-electron chi connectivity index (χ1n) is 6.13. The fourth-order valence-corrected chi connectivity index (χ4v) is 2.91. The highest BCUT2D eigenvalue weighted by Gasteiger charge is 2.28. The minimum Gasteiger partial charge on any atom is -0.375 e. The molecule has 2 atom stereocenters. The van der Waals surface area contributed by atoms with Gasteiger partial charge in [0.05, 0.1) is 23.6 Å². The Morgan fingerprint density at radius 2 is 2.29 bits per heavy atom. The molecule has 0 aromatic carbocycles. The summed E-state index contributed by atoms with van der Waals surface area (Å²) in [5, 5.41) is 0. The Hall–Kier alpha value is -0.870. The van der Waals surface area contributed by atoms with Gasteiger partial charge in [0, 0.05) is 11.4 Å².